The molecule has 2 atom stereocenters. The van der Waals surface area contributed by atoms with Crippen LogP contribution in [0.5, 0.6) is 23.0 Å². The first-order chi connectivity index (χ1) is 29.1. The number of unbranched alkanes of at least 4 members (excludes halogenated alkanes) is 1. The fraction of sp³-hybridized carbons (Fsp3) is 0.256. The van der Waals surface area contributed by atoms with Crippen LogP contribution in [0.4, 0.5) is 22.7 Å². The van der Waals surface area contributed by atoms with E-state index in [1.54, 1.807) is 42.5 Å². The molecule has 0 radical (unpaired) electrons. The fourth-order valence-electron chi connectivity index (χ4n) is 5.73. The summed E-state index contributed by atoms with van der Waals surface area (Å²) in [5.41, 5.74) is 5.33. The number of nitrogens with one attached hydrogen (secondary N) is 1. The monoisotopic (exact) mass is 929 g/mol. The number of nitrogens with zero attached hydrogens (tertiary/aromatic N) is 4. The van der Waals surface area contributed by atoms with Crippen LogP contribution in [0.25, 0.3) is 21.5 Å². The zero-order valence-corrected chi connectivity index (χ0v) is 36.6. The number of ether oxygens (including phenoxy) is 1. The minimum absolute atomic E-state index is 0. The van der Waals surface area contributed by atoms with E-state index in [0.29, 0.717) is 10.8 Å². The normalized spacial score (nSPS) is 12.9. The van der Waals surface area contributed by atoms with Gasteiger partial charge in [0.15, 0.2) is 0 Å². The van der Waals surface area contributed by atoms with Gasteiger partial charge in [-0.15, -0.1) is 10.2 Å². The van der Waals surface area contributed by atoms with Crippen molar-refractivity contribution >= 4 is 64.3 Å². The van der Waals surface area contributed by atoms with E-state index < -0.39 is 25.8 Å². The zero-order chi connectivity index (χ0) is 44.6. The summed E-state index contributed by atoms with van der Waals surface area (Å²) in [6.07, 6.45) is 6.17. The van der Waals surface area contributed by atoms with E-state index in [4.69, 9.17) is 20.4 Å². The number of primary sulfonamides is 1. The average Bonchev–Trinajstić information content (AvgIpc) is 3.23. The molecule has 0 aliphatic heterocycles. The number of phenols is 2. The van der Waals surface area contributed by atoms with Crippen LogP contribution < -0.4 is 21.1 Å². The molecule has 62 heavy (non-hydrogen) atoms. The van der Waals surface area contributed by atoms with Crippen molar-refractivity contribution in [2.24, 2.45) is 37.2 Å². The molecule has 0 aliphatic rings. The molecule has 6 aromatic carbocycles. The fourth-order valence-corrected chi connectivity index (χ4v) is 6.78. The standard InChI is InChI=1S/2C16H13N3O4S.C11H25NO.Co/c2*17-24(22,23)11-6-8-14(20)13(9-11)18-19-16-12-4-2-1-3-10(12)5-7-15(16)21;1-3-5-7-11(4-2)10-13-9-6-8-12;/h2*1-9,20-21H,(H2,17,22,23);11H,3-10,12H2,1-2H3;/q;;;+3/p-3. The van der Waals surface area contributed by atoms with Crippen molar-refractivity contribution < 1.29 is 59.1 Å². The van der Waals surface area contributed by atoms with E-state index in [2.05, 4.69) is 34.3 Å². The minimum atomic E-state index is -4.22. The number of sulfonamides is 1. The molecule has 19 heteroatoms. The maximum atomic E-state index is 12.0. The quantitative estimate of drug-likeness (QED) is 0.0481. The molecule has 0 aliphatic carbocycles. The third kappa shape index (κ3) is 14.8. The molecule has 0 heterocycles. The minimum Gasteiger partial charge on any atom is -0.871 e. The van der Waals surface area contributed by atoms with Crippen LogP contribution in [0.3, 0.4) is 0 Å². The Morgan fingerprint density at radius 1 is 0.710 bits per heavy atom. The van der Waals surface area contributed by atoms with Crippen LogP contribution in [0.1, 0.15) is 46.0 Å². The third-order valence-corrected chi connectivity index (χ3v) is 10.9. The summed E-state index contributed by atoms with van der Waals surface area (Å²) < 4.78 is 57.8. The van der Waals surface area contributed by atoms with E-state index in [1.807, 2.05) is 18.2 Å². The van der Waals surface area contributed by atoms with Gasteiger partial charge in [0.1, 0.15) is 22.9 Å². The van der Waals surface area contributed by atoms with Crippen LogP contribution in [-0.2, 0) is 41.5 Å². The van der Waals surface area contributed by atoms with E-state index in [1.165, 1.54) is 43.9 Å². The van der Waals surface area contributed by atoms with Gasteiger partial charge in [-0.2, -0.15) is 10.2 Å². The number of azo groups is 2. The number of hydrogen-bond acceptors (Lipinski definition) is 15. The molecule has 0 saturated heterocycles. The van der Waals surface area contributed by atoms with Gasteiger partial charge in [0.2, 0.25) is 10.0 Å². The Labute approximate surface area is 371 Å². The van der Waals surface area contributed by atoms with Gasteiger partial charge in [-0.1, -0.05) is 117 Å². The summed E-state index contributed by atoms with van der Waals surface area (Å²) in [6, 6.07) is 27.0. The van der Waals surface area contributed by atoms with Gasteiger partial charge in [0.05, 0.1) is 16.3 Å². The second kappa shape index (κ2) is 24.2. The van der Waals surface area contributed by atoms with Gasteiger partial charge in [-0.05, 0) is 72.5 Å². The number of aromatic hydroxyl groups is 2. The number of hydrogen-bond donors (Lipinski definition) is 5. The number of phenolic OH excluding ortho intramolecular Hbond substituents is 2. The first-order valence-corrected chi connectivity index (χ1v) is 22.3. The molecule has 7 N–H and O–H groups in total. The molecule has 0 bridgehead atoms. The van der Waals surface area contributed by atoms with E-state index >= 15 is 0 Å². The topological polar surface area (TPSA) is 295 Å². The summed E-state index contributed by atoms with van der Waals surface area (Å²) in [5, 5.41) is 66.9. The van der Waals surface area contributed by atoms with Crippen molar-refractivity contribution in [2.75, 3.05) is 19.8 Å². The molecule has 330 valence electrons. The van der Waals surface area contributed by atoms with Gasteiger partial charge < -0.3 is 35.4 Å². The first-order valence-electron chi connectivity index (χ1n) is 19.2. The van der Waals surface area contributed by atoms with Crippen molar-refractivity contribution in [1.29, 1.82) is 4.78 Å². The van der Waals surface area contributed by atoms with Crippen LogP contribution in [-0.4, -0.2) is 47.2 Å². The van der Waals surface area contributed by atoms with Crippen molar-refractivity contribution in [2.45, 2.75) is 55.7 Å². The Bertz CT molecular complexity index is 2530. The molecular formula is C43H48CoN7O9S2. The maximum absolute atomic E-state index is 12.0. The largest absolute Gasteiger partial charge is 3.00 e. The zero-order valence-electron chi connectivity index (χ0n) is 34.0. The summed E-state index contributed by atoms with van der Waals surface area (Å²) in [7, 11) is -8.15. The maximum Gasteiger partial charge on any atom is 3.00 e. The van der Waals surface area contributed by atoms with Gasteiger partial charge in [-0.3, -0.25) is 8.99 Å². The van der Waals surface area contributed by atoms with Crippen molar-refractivity contribution in [3.05, 3.63) is 109 Å². The van der Waals surface area contributed by atoms with Crippen LogP contribution >= 0.6 is 0 Å². The molecule has 0 fully saturated rings. The smallest absolute Gasteiger partial charge is 0.871 e. The number of fused-ring (bicyclic) bond motifs is 2. The van der Waals surface area contributed by atoms with Crippen molar-refractivity contribution in [1.82, 2.24) is 0 Å². The Morgan fingerprint density at radius 3 is 1.87 bits per heavy atom. The second-order valence-corrected chi connectivity index (χ2v) is 16.7. The summed E-state index contributed by atoms with van der Waals surface area (Å²) >= 11 is 0. The average molecular weight is 930 g/mol. The molecule has 0 aromatic heterocycles. The Balaban J connectivity index is 0.000000258. The summed E-state index contributed by atoms with van der Waals surface area (Å²) in [5.74, 6) is -0.504. The predicted octanol–water partition coefficient (Wildman–Crippen LogP) is 8.82. The van der Waals surface area contributed by atoms with E-state index in [9.17, 15) is 37.6 Å². The van der Waals surface area contributed by atoms with Gasteiger partial charge in [-0.25, -0.2) is 13.6 Å². The molecule has 6 rings (SSSR count). The van der Waals surface area contributed by atoms with Crippen molar-refractivity contribution in [3.63, 3.8) is 0 Å². The van der Waals surface area contributed by atoms with Crippen molar-refractivity contribution in [3.8, 4) is 23.0 Å². The van der Waals surface area contributed by atoms with Crippen LogP contribution in [0.2, 0.25) is 0 Å². The molecule has 2 unspecified atom stereocenters. The molecule has 6 aromatic rings. The van der Waals surface area contributed by atoms with Gasteiger partial charge >= 0.3 is 16.8 Å². The molecule has 0 spiro atoms. The van der Waals surface area contributed by atoms with E-state index in [-0.39, 0.29) is 66.6 Å². The Kier molecular flexibility index (Phi) is 19.9. The number of benzene rings is 6. The SMILES string of the molecule is CCCCC(CC)COCCCN.N=S(=O)([O-])c1ccc([O-])c(N=Nc2c([O-])ccc3ccccc23)c1.NS(=O)(=O)c1ccc(O)c(N=Nc2c(O)ccc3ccccc23)c1.[Co+3]. The second-order valence-electron chi connectivity index (χ2n) is 13.7. The molecular weight excluding hydrogens is 882 g/mol. The van der Waals surface area contributed by atoms with E-state index in [0.717, 1.165) is 73.2 Å². The Hall–Kier alpha value is -5.51. The first kappa shape index (κ1) is 50.8. The van der Waals surface area contributed by atoms with Crippen LogP contribution in [0, 0.1) is 10.7 Å². The third-order valence-electron chi connectivity index (χ3n) is 9.16. The van der Waals surface area contributed by atoms with Gasteiger partial charge in [0, 0.05) is 38.9 Å². The summed E-state index contributed by atoms with van der Waals surface area (Å²) in [6.45, 7) is 6.98. The van der Waals surface area contributed by atoms with Crippen LogP contribution in [0.15, 0.2) is 139 Å². The summed E-state index contributed by atoms with van der Waals surface area (Å²) in [4.78, 5) is -0.562. The molecule has 16 nitrogen and oxygen atoms in total. The Morgan fingerprint density at radius 2 is 1.26 bits per heavy atom. The molecule has 0 saturated carbocycles. The predicted molar refractivity (Wildman–Crippen MR) is 230 cm³/mol. The van der Waals surface area contributed by atoms with Gasteiger partial charge in [0.25, 0.3) is 0 Å². The molecule has 0 amide bonds. The number of rotatable bonds is 15. The number of nitrogens with two attached hydrogens (primary N) is 2.